The number of primary sulfonamides is 1. The lowest BCUT2D eigenvalue weighted by atomic mass is 10.2. The minimum absolute atomic E-state index is 0.524. The first-order valence-corrected chi connectivity index (χ1v) is 7.21. The second-order valence-electron chi connectivity index (χ2n) is 3.86. The van der Waals surface area contributed by atoms with Crippen molar-refractivity contribution < 1.29 is 31.9 Å². The number of hydrogen-bond donors (Lipinski definition) is 2. The molecule has 0 spiro atoms. The van der Waals surface area contributed by atoms with Gasteiger partial charge in [-0.1, -0.05) is 6.07 Å². The normalized spacial score (nSPS) is 11.7. The molecule has 1 aromatic rings. The van der Waals surface area contributed by atoms with Crippen molar-refractivity contribution in [1.82, 2.24) is 0 Å². The number of nitrogens with one attached hydrogen (secondary N) is 1. The number of hydrogen-bond acceptors (Lipinski definition) is 7. The molecule has 0 fully saturated rings. The average Bonchev–Trinajstić information content (AvgIpc) is 2.46. The third-order valence-corrected chi connectivity index (χ3v) is 3.36. The Morgan fingerprint density at radius 1 is 1.27 bits per heavy atom. The summed E-state index contributed by atoms with van der Waals surface area (Å²) in [5.74, 6) is -2.96. The van der Waals surface area contributed by atoms with Crippen LogP contribution in [-0.2, 0) is 29.1 Å². The Morgan fingerprint density at radius 3 is 2.41 bits per heavy atom. The average molecular weight is 332 g/mol. The molecule has 1 rings (SSSR count). The summed E-state index contributed by atoms with van der Waals surface area (Å²) in [7, 11) is -2.18. The lowest BCUT2D eigenvalue weighted by Gasteiger charge is -2.13. The van der Waals surface area contributed by atoms with E-state index in [1.54, 1.807) is 0 Å². The van der Waals surface area contributed by atoms with Crippen LogP contribution in [0.2, 0.25) is 0 Å². The van der Waals surface area contributed by atoms with Gasteiger partial charge < -0.3 is 14.8 Å². The molecule has 0 bridgehead atoms. The molecule has 0 unspecified atom stereocenters. The number of halogens is 1. The van der Waals surface area contributed by atoms with Crippen LogP contribution in [0.4, 0.5) is 10.1 Å². The Morgan fingerprint density at radius 2 is 1.91 bits per heavy atom. The lowest BCUT2D eigenvalue weighted by molar-refractivity contribution is -0.138. The minimum Gasteiger partial charge on any atom is -0.466 e. The van der Waals surface area contributed by atoms with E-state index in [0.29, 0.717) is 6.08 Å². The van der Waals surface area contributed by atoms with Crippen molar-refractivity contribution >= 4 is 27.6 Å². The van der Waals surface area contributed by atoms with Crippen LogP contribution in [-0.4, -0.2) is 34.6 Å². The third kappa shape index (κ3) is 4.27. The van der Waals surface area contributed by atoms with Gasteiger partial charge in [-0.15, -0.1) is 0 Å². The zero-order chi connectivity index (χ0) is 16.9. The molecular formula is C12H13FN2O6S. The van der Waals surface area contributed by atoms with Gasteiger partial charge in [0.05, 0.1) is 26.0 Å². The number of carbonyl (C=O) groups excluding carboxylic acids is 2. The highest BCUT2D eigenvalue weighted by molar-refractivity contribution is 7.89. The van der Waals surface area contributed by atoms with Gasteiger partial charge in [0, 0.05) is 0 Å². The molecule has 22 heavy (non-hydrogen) atoms. The van der Waals surface area contributed by atoms with Crippen molar-refractivity contribution in [3.05, 3.63) is 35.8 Å². The van der Waals surface area contributed by atoms with Crippen LogP contribution < -0.4 is 10.5 Å². The van der Waals surface area contributed by atoms with E-state index >= 15 is 0 Å². The Labute approximate surface area is 125 Å². The standard InChI is InChI=1S/C12H13FN2O6S/c1-20-10(16)6-8(12(17)21-2)15-11-7(13)4-3-5-9(11)22(14,18)19/h3-6,15H,1-2H3,(H2,14,18,19)/b8-6+. The van der Waals surface area contributed by atoms with E-state index < -0.39 is 44.1 Å². The third-order valence-electron chi connectivity index (χ3n) is 2.41. The summed E-state index contributed by atoms with van der Waals surface area (Å²) in [4.78, 5) is 22.2. The second-order valence-corrected chi connectivity index (χ2v) is 5.39. The Bertz CT molecular complexity index is 729. The van der Waals surface area contributed by atoms with Gasteiger partial charge in [-0.05, 0) is 12.1 Å². The highest BCUT2D eigenvalue weighted by atomic mass is 32.2. The van der Waals surface area contributed by atoms with Crippen molar-refractivity contribution in [3.8, 4) is 0 Å². The molecule has 0 radical (unpaired) electrons. The Balaban J connectivity index is 3.39. The van der Waals surface area contributed by atoms with Gasteiger partial charge in [0.25, 0.3) is 0 Å². The predicted molar refractivity (Wildman–Crippen MR) is 73.5 cm³/mol. The summed E-state index contributed by atoms with van der Waals surface area (Å²) in [6.45, 7) is 0. The molecule has 1 aromatic carbocycles. The van der Waals surface area contributed by atoms with Gasteiger partial charge in [-0.25, -0.2) is 27.5 Å². The van der Waals surface area contributed by atoms with E-state index in [1.807, 2.05) is 0 Å². The number of rotatable bonds is 5. The molecule has 0 aliphatic heterocycles. The number of methoxy groups -OCH3 is 2. The van der Waals surface area contributed by atoms with E-state index in [2.05, 4.69) is 14.8 Å². The fourth-order valence-electron chi connectivity index (χ4n) is 1.43. The van der Waals surface area contributed by atoms with Gasteiger partial charge in [-0.3, -0.25) is 0 Å². The molecule has 3 N–H and O–H groups in total. The second kappa shape index (κ2) is 7.00. The summed E-state index contributed by atoms with van der Waals surface area (Å²) < 4.78 is 45.5. The SMILES string of the molecule is COC(=O)/C=C(/Nc1c(F)cccc1S(N)(=O)=O)C(=O)OC. The number of esters is 2. The van der Waals surface area contributed by atoms with Crippen LogP contribution in [0.25, 0.3) is 0 Å². The zero-order valence-electron chi connectivity index (χ0n) is 11.6. The first kappa shape index (κ1) is 17.6. The first-order chi connectivity index (χ1) is 10.2. The number of benzene rings is 1. The summed E-state index contributed by atoms with van der Waals surface area (Å²) in [5, 5.41) is 7.17. The van der Waals surface area contributed by atoms with Crippen molar-refractivity contribution in [1.29, 1.82) is 0 Å². The number of anilines is 1. The quantitative estimate of drug-likeness (QED) is 0.579. The van der Waals surface area contributed by atoms with E-state index in [0.717, 1.165) is 32.4 Å². The molecular weight excluding hydrogens is 319 g/mol. The zero-order valence-corrected chi connectivity index (χ0v) is 12.4. The van der Waals surface area contributed by atoms with E-state index in [1.165, 1.54) is 0 Å². The molecule has 120 valence electrons. The van der Waals surface area contributed by atoms with Crippen molar-refractivity contribution in [2.75, 3.05) is 19.5 Å². The Kier molecular flexibility index (Phi) is 5.60. The molecule has 0 atom stereocenters. The molecule has 0 aliphatic rings. The maximum atomic E-state index is 13.8. The van der Waals surface area contributed by atoms with E-state index in [9.17, 15) is 22.4 Å². The topological polar surface area (TPSA) is 125 Å². The summed E-state index contributed by atoms with van der Waals surface area (Å²) in [6, 6.07) is 3.11. The maximum absolute atomic E-state index is 13.8. The van der Waals surface area contributed by atoms with Crippen molar-refractivity contribution in [2.45, 2.75) is 4.90 Å². The van der Waals surface area contributed by atoms with Gasteiger partial charge in [0.2, 0.25) is 10.0 Å². The lowest BCUT2D eigenvalue weighted by Crippen LogP contribution is -2.20. The van der Waals surface area contributed by atoms with E-state index in [-0.39, 0.29) is 0 Å². The minimum atomic E-state index is -4.27. The smallest absolute Gasteiger partial charge is 0.354 e. The monoisotopic (exact) mass is 332 g/mol. The highest BCUT2D eigenvalue weighted by Gasteiger charge is 2.21. The van der Waals surface area contributed by atoms with Crippen LogP contribution in [0.3, 0.4) is 0 Å². The molecule has 8 nitrogen and oxygen atoms in total. The highest BCUT2D eigenvalue weighted by Crippen LogP contribution is 2.25. The maximum Gasteiger partial charge on any atom is 0.354 e. The van der Waals surface area contributed by atoms with Crippen molar-refractivity contribution in [3.63, 3.8) is 0 Å². The fraction of sp³-hybridized carbons (Fsp3) is 0.167. The van der Waals surface area contributed by atoms with Gasteiger partial charge in [0.1, 0.15) is 16.4 Å². The summed E-state index contributed by atoms with van der Waals surface area (Å²) in [6.07, 6.45) is 0.686. The van der Waals surface area contributed by atoms with E-state index in [4.69, 9.17) is 5.14 Å². The summed E-state index contributed by atoms with van der Waals surface area (Å²) >= 11 is 0. The van der Waals surface area contributed by atoms with Gasteiger partial charge in [0.15, 0.2) is 0 Å². The van der Waals surface area contributed by atoms with Gasteiger partial charge in [-0.2, -0.15) is 0 Å². The molecule has 10 heteroatoms. The molecule has 0 aromatic heterocycles. The first-order valence-electron chi connectivity index (χ1n) is 5.67. The van der Waals surface area contributed by atoms with Crippen LogP contribution in [0.5, 0.6) is 0 Å². The largest absolute Gasteiger partial charge is 0.466 e. The predicted octanol–water partition coefficient (Wildman–Crippen LogP) is 0.115. The number of ether oxygens (including phenoxy) is 2. The molecule has 0 saturated heterocycles. The number of sulfonamides is 1. The van der Waals surface area contributed by atoms with Crippen LogP contribution in [0, 0.1) is 5.82 Å². The number of para-hydroxylation sites is 1. The van der Waals surface area contributed by atoms with Gasteiger partial charge >= 0.3 is 11.9 Å². The molecule has 0 heterocycles. The fourth-order valence-corrected chi connectivity index (χ4v) is 2.13. The summed E-state index contributed by atoms with van der Waals surface area (Å²) in [5.41, 5.74) is -1.12. The van der Waals surface area contributed by atoms with Crippen molar-refractivity contribution in [2.24, 2.45) is 5.14 Å². The number of carbonyl (C=O) groups is 2. The molecule has 0 amide bonds. The number of nitrogens with two attached hydrogens (primary N) is 1. The Hall–Kier alpha value is -2.46. The van der Waals surface area contributed by atoms with Crippen LogP contribution >= 0.6 is 0 Å². The molecule has 0 saturated carbocycles. The molecule has 0 aliphatic carbocycles. The van der Waals surface area contributed by atoms with Crippen LogP contribution in [0.15, 0.2) is 34.9 Å². The van der Waals surface area contributed by atoms with Crippen LogP contribution in [0.1, 0.15) is 0 Å².